The molecule has 0 aromatic heterocycles. The highest BCUT2D eigenvalue weighted by molar-refractivity contribution is 5.71. The highest BCUT2D eigenvalue weighted by Gasteiger charge is 2.19. The SMILES string of the molecule is CCCCCCCCCCCCCCCCCCCCCC(=O)O[C@@H](COC(=O)CCCCCCCCCCCCCCCCCC)COC(=O)CCCCCCCCCCC(C)CC. The second-order valence-corrected chi connectivity index (χ2v) is 20.5. The summed E-state index contributed by atoms with van der Waals surface area (Å²) >= 11 is 0. The van der Waals surface area contributed by atoms with Crippen LogP contribution in [0.4, 0.5) is 0 Å². The first-order chi connectivity index (χ1) is 31.9. The average Bonchev–Trinajstić information content (AvgIpc) is 3.30. The van der Waals surface area contributed by atoms with Gasteiger partial charge in [0, 0.05) is 19.3 Å². The Hall–Kier alpha value is -1.59. The summed E-state index contributed by atoms with van der Waals surface area (Å²) in [7, 11) is 0. The zero-order valence-electron chi connectivity index (χ0n) is 44.5. The topological polar surface area (TPSA) is 78.9 Å². The lowest BCUT2D eigenvalue weighted by Gasteiger charge is -2.18. The van der Waals surface area contributed by atoms with Crippen LogP contribution in [0.3, 0.4) is 0 Å². The van der Waals surface area contributed by atoms with Crippen molar-refractivity contribution in [2.75, 3.05) is 13.2 Å². The summed E-state index contributed by atoms with van der Waals surface area (Å²) in [6, 6.07) is 0. The third-order valence-corrected chi connectivity index (χ3v) is 13.9. The third-order valence-electron chi connectivity index (χ3n) is 13.9. The maximum Gasteiger partial charge on any atom is 0.306 e. The van der Waals surface area contributed by atoms with Gasteiger partial charge in [0.15, 0.2) is 6.10 Å². The molecule has 0 N–H and O–H groups in total. The lowest BCUT2D eigenvalue weighted by atomic mass is 9.99. The molecule has 0 aliphatic heterocycles. The van der Waals surface area contributed by atoms with Crippen LogP contribution in [0.5, 0.6) is 0 Å². The van der Waals surface area contributed by atoms with Crippen molar-refractivity contribution in [1.82, 2.24) is 0 Å². The van der Waals surface area contributed by atoms with E-state index in [0.29, 0.717) is 19.3 Å². The van der Waals surface area contributed by atoms with Crippen molar-refractivity contribution in [1.29, 1.82) is 0 Å². The molecule has 0 saturated heterocycles. The first-order valence-corrected chi connectivity index (χ1v) is 29.4. The predicted octanol–water partition coefficient (Wildman–Crippen LogP) is 19.4. The van der Waals surface area contributed by atoms with Gasteiger partial charge >= 0.3 is 17.9 Å². The summed E-state index contributed by atoms with van der Waals surface area (Å²) in [5.74, 6) is 0.0111. The molecule has 0 amide bonds. The maximum atomic E-state index is 12.9. The zero-order valence-corrected chi connectivity index (χ0v) is 44.5. The van der Waals surface area contributed by atoms with E-state index >= 15 is 0 Å². The Kier molecular flexibility index (Phi) is 52.1. The first-order valence-electron chi connectivity index (χ1n) is 29.4. The van der Waals surface area contributed by atoms with Crippen molar-refractivity contribution in [3.05, 3.63) is 0 Å². The van der Waals surface area contributed by atoms with E-state index in [1.807, 2.05) is 0 Å². The van der Waals surface area contributed by atoms with Gasteiger partial charge in [-0.05, 0) is 25.2 Å². The number of unbranched alkanes of at least 4 members (excludes halogenated alkanes) is 40. The third kappa shape index (κ3) is 51.6. The minimum Gasteiger partial charge on any atom is -0.462 e. The van der Waals surface area contributed by atoms with E-state index in [1.165, 1.54) is 231 Å². The number of esters is 3. The molecule has 6 heteroatoms. The van der Waals surface area contributed by atoms with E-state index in [0.717, 1.165) is 63.7 Å². The summed E-state index contributed by atoms with van der Waals surface area (Å²) in [4.78, 5) is 38.1. The number of carbonyl (C=O) groups is 3. The largest absolute Gasteiger partial charge is 0.462 e. The van der Waals surface area contributed by atoms with Gasteiger partial charge in [-0.2, -0.15) is 0 Å². The predicted molar refractivity (Wildman–Crippen MR) is 280 cm³/mol. The number of hydrogen-bond acceptors (Lipinski definition) is 6. The molecular weight excluding hydrogens is 805 g/mol. The highest BCUT2D eigenvalue weighted by atomic mass is 16.6. The molecule has 0 aromatic rings. The number of carbonyl (C=O) groups excluding carboxylic acids is 3. The van der Waals surface area contributed by atoms with E-state index in [1.54, 1.807) is 0 Å². The minimum atomic E-state index is -0.762. The Bertz CT molecular complexity index is 982. The van der Waals surface area contributed by atoms with E-state index in [9.17, 15) is 14.4 Å². The molecule has 0 aliphatic rings. The number of hydrogen-bond donors (Lipinski definition) is 0. The molecule has 0 saturated carbocycles. The second kappa shape index (κ2) is 53.4. The Morgan fingerprint density at radius 1 is 0.308 bits per heavy atom. The van der Waals surface area contributed by atoms with Gasteiger partial charge in [0.1, 0.15) is 13.2 Å². The van der Waals surface area contributed by atoms with Crippen molar-refractivity contribution in [3.8, 4) is 0 Å². The van der Waals surface area contributed by atoms with Crippen molar-refractivity contribution >= 4 is 17.9 Å². The average molecular weight is 920 g/mol. The molecule has 6 nitrogen and oxygen atoms in total. The van der Waals surface area contributed by atoms with Crippen LogP contribution in [0.1, 0.15) is 336 Å². The van der Waals surface area contributed by atoms with Gasteiger partial charge < -0.3 is 14.2 Å². The van der Waals surface area contributed by atoms with Gasteiger partial charge in [-0.1, -0.05) is 297 Å². The molecule has 0 aliphatic carbocycles. The van der Waals surface area contributed by atoms with Crippen LogP contribution in [-0.2, 0) is 28.6 Å². The Morgan fingerprint density at radius 2 is 0.538 bits per heavy atom. The molecule has 0 spiro atoms. The molecule has 0 bridgehead atoms. The van der Waals surface area contributed by atoms with Crippen LogP contribution in [0.25, 0.3) is 0 Å². The molecule has 0 aromatic carbocycles. The monoisotopic (exact) mass is 919 g/mol. The first kappa shape index (κ1) is 63.4. The van der Waals surface area contributed by atoms with Crippen molar-refractivity contribution < 1.29 is 28.6 Å². The fourth-order valence-corrected chi connectivity index (χ4v) is 9.07. The van der Waals surface area contributed by atoms with Gasteiger partial charge in [0.25, 0.3) is 0 Å². The molecule has 2 atom stereocenters. The smallest absolute Gasteiger partial charge is 0.306 e. The van der Waals surface area contributed by atoms with E-state index in [4.69, 9.17) is 14.2 Å². The normalized spacial score (nSPS) is 12.4. The molecule has 0 fully saturated rings. The van der Waals surface area contributed by atoms with Crippen molar-refractivity contribution in [2.24, 2.45) is 5.92 Å². The summed E-state index contributed by atoms with van der Waals surface area (Å²) in [6.07, 6.45) is 58.1. The fraction of sp³-hybridized carbons (Fsp3) is 0.949. The van der Waals surface area contributed by atoms with E-state index in [-0.39, 0.29) is 31.1 Å². The molecule has 65 heavy (non-hydrogen) atoms. The van der Waals surface area contributed by atoms with Gasteiger partial charge in [0.05, 0.1) is 0 Å². The summed E-state index contributed by atoms with van der Waals surface area (Å²) in [5.41, 5.74) is 0. The van der Waals surface area contributed by atoms with Crippen molar-refractivity contribution in [2.45, 2.75) is 342 Å². The molecule has 1 unspecified atom stereocenters. The Morgan fingerprint density at radius 3 is 0.800 bits per heavy atom. The van der Waals surface area contributed by atoms with Crippen LogP contribution in [-0.4, -0.2) is 37.2 Å². The number of rotatable bonds is 54. The second-order valence-electron chi connectivity index (χ2n) is 20.5. The number of ether oxygens (including phenoxy) is 3. The van der Waals surface area contributed by atoms with E-state index in [2.05, 4.69) is 27.7 Å². The zero-order chi connectivity index (χ0) is 47.4. The Balaban J connectivity index is 4.27. The van der Waals surface area contributed by atoms with Crippen LogP contribution < -0.4 is 0 Å². The lowest BCUT2D eigenvalue weighted by Crippen LogP contribution is -2.30. The van der Waals surface area contributed by atoms with Crippen molar-refractivity contribution in [3.63, 3.8) is 0 Å². The molecule has 0 heterocycles. The van der Waals surface area contributed by atoms with Crippen LogP contribution in [0.2, 0.25) is 0 Å². The van der Waals surface area contributed by atoms with Crippen LogP contribution >= 0.6 is 0 Å². The maximum absolute atomic E-state index is 12.9. The Labute approximate surface area is 406 Å². The van der Waals surface area contributed by atoms with Crippen LogP contribution in [0.15, 0.2) is 0 Å². The standard InChI is InChI=1S/C59H114O6/c1-5-8-10-12-14-16-18-20-22-24-25-26-28-30-32-34-40-44-48-52-59(62)65-56(54-64-58(61)51-47-43-39-36-35-37-41-45-49-55(4)7-3)53-63-57(60)50-46-42-38-33-31-29-27-23-21-19-17-15-13-11-9-6-2/h55-56H,5-54H2,1-4H3/t55?,56-/m0/s1. The molecule has 0 rings (SSSR count). The summed E-state index contributed by atoms with van der Waals surface area (Å²) in [5, 5.41) is 0. The van der Waals surface area contributed by atoms with Gasteiger partial charge in [-0.3, -0.25) is 14.4 Å². The van der Waals surface area contributed by atoms with Gasteiger partial charge in [0.2, 0.25) is 0 Å². The van der Waals surface area contributed by atoms with Crippen LogP contribution in [0, 0.1) is 5.92 Å². The minimum absolute atomic E-state index is 0.0622. The summed E-state index contributed by atoms with van der Waals surface area (Å²) in [6.45, 7) is 9.06. The highest BCUT2D eigenvalue weighted by Crippen LogP contribution is 2.18. The molecule has 0 radical (unpaired) electrons. The molecular formula is C59H114O6. The molecule has 386 valence electrons. The van der Waals surface area contributed by atoms with Gasteiger partial charge in [-0.25, -0.2) is 0 Å². The summed E-state index contributed by atoms with van der Waals surface area (Å²) < 4.78 is 16.9. The quantitative estimate of drug-likeness (QED) is 0.0344. The van der Waals surface area contributed by atoms with E-state index < -0.39 is 6.10 Å². The van der Waals surface area contributed by atoms with Gasteiger partial charge in [-0.15, -0.1) is 0 Å². The fourth-order valence-electron chi connectivity index (χ4n) is 9.07. The lowest BCUT2D eigenvalue weighted by molar-refractivity contribution is -0.167.